The van der Waals surface area contributed by atoms with Crippen LogP contribution in [-0.2, 0) is 29.5 Å². The standard InChI is InChI=1S/C28H34O7/c1-14(29)34-20-12-17-24(2,3)22(31)21-23(35-21)27(17,6)16-7-9-25(4)18(26(16,20)5)11-19(30)28(25,32)15-8-10-33-13-15/h8,10-11,13,16-17,20-21,23,32H,7,9,12H2,1-6H3/t16-,17?,20+,21-,23-,25+,26+,27+,28-/m0/s1. The van der Waals surface area contributed by atoms with Gasteiger partial charge in [0.2, 0.25) is 0 Å². The average Bonchev–Trinajstić information content (AvgIpc) is 3.34. The predicted octanol–water partition coefficient (Wildman–Crippen LogP) is 3.73. The normalized spacial score (nSPS) is 49.3. The molecule has 9 atom stereocenters. The monoisotopic (exact) mass is 482 g/mol. The number of ketones is 2. The number of carbonyl (C=O) groups is 3. The Hall–Kier alpha value is -2.25. The van der Waals surface area contributed by atoms with E-state index in [0.29, 0.717) is 24.8 Å². The van der Waals surface area contributed by atoms with Gasteiger partial charge in [0.15, 0.2) is 17.2 Å². The van der Waals surface area contributed by atoms with Crippen LogP contribution in [0.5, 0.6) is 0 Å². The molecule has 35 heavy (non-hydrogen) atoms. The average molecular weight is 483 g/mol. The molecule has 1 unspecified atom stereocenters. The van der Waals surface area contributed by atoms with Crippen LogP contribution in [0.3, 0.4) is 0 Å². The van der Waals surface area contributed by atoms with E-state index in [1.54, 1.807) is 12.1 Å². The topological polar surface area (TPSA) is 106 Å². The van der Waals surface area contributed by atoms with Gasteiger partial charge in [-0.1, -0.05) is 34.6 Å². The smallest absolute Gasteiger partial charge is 0.302 e. The number of fused-ring (bicyclic) bond motifs is 7. The fourth-order valence-electron chi connectivity index (χ4n) is 9.25. The molecule has 2 heterocycles. The lowest BCUT2D eigenvalue weighted by atomic mass is 9.37. The lowest BCUT2D eigenvalue weighted by Gasteiger charge is -2.67. The van der Waals surface area contributed by atoms with Crippen LogP contribution in [0.25, 0.3) is 0 Å². The SMILES string of the molecule is CC(=O)O[C@@H]1CC2C(C)(C)C(=O)[C@@H]3O[C@@H]3[C@]2(C)[C@H]2CC[C@]3(C)C(=CC(=O)[C@@]3(O)c3ccoc3)[C@]12C. The summed E-state index contributed by atoms with van der Waals surface area (Å²) in [5.74, 6) is -0.670. The molecule has 4 aliphatic carbocycles. The number of aliphatic hydroxyl groups is 1. The summed E-state index contributed by atoms with van der Waals surface area (Å²) in [4.78, 5) is 39.1. The number of hydrogen-bond acceptors (Lipinski definition) is 7. The summed E-state index contributed by atoms with van der Waals surface area (Å²) in [5, 5.41) is 12.0. The first-order valence-corrected chi connectivity index (χ1v) is 12.6. The number of esters is 1. The van der Waals surface area contributed by atoms with Crippen molar-refractivity contribution in [2.75, 3.05) is 0 Å². The Kier molecular flexibility index (Phi) is 4.33. The highest BCUT2D eigenvalue weighted by atomic mass is 16.6. The highest BCUT2D eigenvalue weighted by molar-refractivity contribution is 6.03. The first-order valence-electron chi connectivity index (χ1n) is 12.6. The Morgan fingerprint density at radius 2 is 1.86 bits per heavy atom. The van der Waals surface area contributed by atoms with Crippen LogP contribution in [0.1, 0.15) is 66.4 Å². The molecule has 6 rings (SSSR count). The Morgan fingerprint density at radius 3 is 2.49 bits per heavy atom. The number of carbonyl (C=O) groups excluding carboxylic acids is 3. The third-order valence-corrected chi connectivity index (χ3v) is 11.0. The van der Waals surface area contributed by atoms with Crippen LogP contribution < -0.4 is 0 Å². The molecule has 0 radical (unpaired) electrons. The molecule has 4 fully saturated rings. The number of furan rings is 1. The third-order valence-electron chi connectivity index (χ3n) is 11.0. The second-order valence-corrected chi connectivity index (χ2v) is 12.7. The van der Waals surface area contributed by atoms with Gasteiger partial charge in [-0.25, -0.2) is 0 Å². The summed E-state index contributed by atoms with van der Waals surface area (Å²) in [6.45, 7) is 11.7. The minimum absolute atomic E-state index is 0.000648. The predicted molar refractivity (Wildman–Crippen MR) is 124 cm³/mol. The molecule has 0 aromatic carbocycles. The van der Waals surface area contributed by atoms with E-state index in [-0.39, 0.29) is 40.9 Å². The van der Waals surface area contributed by atoms with Crippen molar-refractivity contribution >= 4 is 17.5 Å². The van der Waals surface area contributed by atoms with E-state index in [9.17, 15) is 19.5 Å². The molecule has 0 bridgehead atoms. The van der Waals surface area contributed by atoms with Gasteiger partial charge in [0, 0.05) is 34.1 Å². The molecule has 7 heteroatoms. The van der Waals surface area contributed by atoms with Crippen LogP contribution in [0, 0.1) is 33.5 Å². The molecular formula is C28H34O7. The maximum Gasteiger partial charge on any atom is 0.302 e. The van der Waals surface area contributed by atoms with E-state index in [1.807, 2.05) is 20.8 Å². The molecule has 1 aromatic rings. The molecular weight excluding hydrogens is 448 g/mol. The first-order chi connectivity index (χ1) is 16.2. The van der Waals surface area contributed by atoms with Gasteiger partial charge in [-0.05, 0) is 48.8 Å². The quantitative estimate of drug-likeness (QED) is 0.506. The van der Waals surface area contributed by atoms with Gasteiger partial charge in [-0.2, -0.15) is 0 Å². The van der Waals surface area contributed by atoms with Crippen molar-refractivity contribution in [1.82, 2.24) is 0 Å². The van der Waals surface area contributed by atoms with Crippen molar-refractivity contribution in [2.45, 2.75) is 84.7 Å². The molecule has 1 aliphatic heterocycles. The molecule has 188 valence electrons. The second kappa shape index (κ2) is 6.54. The van der Waals surface area contributed by atoms with E-state index in [1.165, 1.54) is 19.5 Å². The van der Waals surface area contributed by atoms with Gasteiger partial charge < -0.3 is 19.0 Å². The number of rotatable bonds is 2. The maximum absolute atomic E-state index is 13.5. The van der Waals surface area contributed by atoms with Gasteiger partial charge in [0.05, 0.1) is 18.6 Å². The summed E-state index contributed by atoms with van der Waals surface area (Å²) in [7, 11) is 0. The molecule has 0 amide bonds. The van der Waals surface area contributed by atoms with Crippen molar-refractivity contribution in [3.05, 3.63) is 35.8 Å². The second-order valence-electron chi connectivity index (χ2n) is 12.7. The van der Waals surface area contributed by atoms with Gasteiger partial charge in [-0.3, -0.25) is 14.4 Å². The van der Waals surface area contributed by atoms with Crippen molar-refractivity contribution < 1.29 is 33.4 Å². The van der Waals surface area contributed by atoms with Crippen LogP contribution in [0.15, 0.2) is 34.7 Å². The Bertz CT molecular complexity index is 1180. The van der Waals surface area contributed by atoms with Crippen LogP contribution >= 0.6 is 0 Å². The van der Waals surface area contributed by atoms with E-state index < -0.39 is 34.1 Å². The summed E-state index contributed by atoms with van der Waals surface area (Å²) >= 11 is 0. The van der Waals surface area contributed by atoms with Crippen molar-refractivity contribution in [1.29, 1.82) is 0 Å². The van der Waals surface area contributed by atoms with Gasteiger partial charge in [0.25, 0.3) is 0 Å². The Labute approximate surface area is 205 Å². The molecule has 0 spiro atoms. The van der Waals surface area contributed by atoms with Gasteiger partial charge in [-0.15, -0.1) is 0 Å². The molecule has 5 aliphatic rings. The zero-order valence-electron chi connectivity index (χ0n) is 21.2. The van der Waals surface area contributed by atoms with Crippen molar-refractivity contribution in [2.24, 2.45) is 33.5 Å². The Morgan fingerprint density at radius 1 is 1.14 bits per heavy atom. The number of epoxide rings is 1. The third kappa shape index (κ3) is 2.42. The maximum atomic E-state index is 13.5. The number of Topliss-reactive ketones (excluding diaryl/α,β-unsaturated/α-hetero) is 1. The minimum Gasteiger partial charge on any atom is -0.472 e. The van der Waals surface area contributed by atoms with Crippen molar-refractivity contribution in [3.8, 4) is 0 Å². The van der Waals surface area contributed by atoms with E-state index in [4.69, 9.17) is 13.9 Å². The fourth-order valence-corrected chi connectivity index (χ4v) is 9.25. The van der Waals surface area contributed by atoms with E-state index in [2.05, 4.69) is 13.8 Å². The van der Waals surface area contributed by atoms with E-state index >= 15 is 0 Å². The van der Waals surface area contributed by atoms with Crippen LogP contribution in [0.4, 0.5) is 0 Å². The lowest BCUT2D eigenvalue weighted by Crippen LogP contribution is -2.68. The zero-order chi connectivity index (χ0) is 25.3. The van der Waals surface area contributed by atoms with Gasteiger partial charge in [0.1, 0.15) is 12.2 Å². The van der Waals surface area contributed by atoms with Crippen molar-refractivity contribution in [3.63, 3.8) is 0 Å². The molecule has 3 saturated carbocycles. The molecule has 1 aromatic heterocycles. The first kappa shape index (κ1) is 23.2. The zero-order valence-corrected chi connectivity index (χ0v) is 21.2. The summed E-state index contributed by atoms with van der Waals surface area (Å²) in [6, 6.07) is 1.65. The minimum atomic E-state index is -1.75. The number of hydrogen-bond donors (Lipinski definition) is 1. The molecule has 1 saturated heterocycles. The Balaban J connectivity index is 1.54. The summed E-state index contributed by atoms with van der Waals surface area (Å²) < 4.78 is 17.4. The van der Waals surface area contributed by atoms with Crippen LogP contribution in [-0.4, -0.2) is 41.0 Å². The highest BCUT2D eigenvalue weighted by Gasteiger charge is 2.78. The molecule has 1 N–H and O–H groups in total. The largest absolute Gasteiger partial charge is 0.472 e. The van der Waals surface area contributed by atoms with Crippen LogP contribution in [0.2, 0.25) is 0 Å². The summed E-state index contributed by atoms with van der Waals surface area (Å²) in [5.41, 5.74) is -3.03. The van der Waals surface area contributed by atoms with Gasteiger partial charge >= 0.3 is 5.97 Å². The fraction of sp³-hybridized carbons (Fsp3) is 0.679. The molecule has 7 nitrogen and oxygen atoms in total. The highest BCUT2D eigenvalue weighted by Crippen LogP contribution is 2.75. The van der Waals surface area contributed by atoms with E-state index in [0.717, 1.165) is 5.57 Å². The number of ether oxygens (including phenoxy) is 2. The summed E-state index contributed by atoms with van der Waals surface area (Å²) in [6.07, 6.45) is 5.19. The lowest BCUT2D eigenvalue weighted by molar-refractivity contribution is -0.208.